The van der Waals surface area contributed by atoms with E-state index in [-0.39, 0.29) is 4.47 Å². The molecule has 0 aliphatic rings. The minimum absolute atomic E-state index is 0.0153. The fourth-order valence-corrected chi connectivity index (χ4v) is 2.24. The molecule has 0 aliphatic heterocycles. The summed E-state index contributed by atoms with van der Waals surface area (Å²) in [6, 6.07) is 4.78. The highest BCUT2D eigenvalue weighted by atomic mass is 79.9. The zero-order valence-electron chi connectivity index (χ0n) is 8.86. The number of ether oxygens (including phenoxy) is 1. The minimum atomic E-state index is -4.40. The maximum atomic E-state index is 12.6. The van der Waals surface area contributed by atoms with Crippen molar-refractivity contribution >= 4 is 26.8 Å². The van der Waals surface area contributed by atoms with E-state index in [0.717, 1.165) is 0 Å². The molecule has 6 heteroatoms. The molecule has 2 rings (SSSR count). The lowest BCUT2D eigenvalue weighted by Crippen LogP contribution is -2.05. The number of benzene rings is 1. The summed E-state index contributed by atoms with van der Waals surface area (Å²) in [5.41, 5.74) is -0.353. The number of aromatic nitrogens is 1. The van der Waals surface area contributed by atoms with Crippen LogP contribution in [0.3, 0.4) is 0 Å². The first-order valence-electron chi connectivity index (χ1n) is 4.94. The number of halogens is 4. The van der Waals surface area contributed by atoms with Gasteiger partial charge in [-0.1, -0.05) is 0 Å². The second kappa shape index (κ2) is 4.25. The van der Waals surface area contributed by atoms with Gasteiger partial charge in [-0.25, -0.2) is 0 Å². The van der Waals surface area contributed by atoms with Crippen molar-refractivity contribution in [2.75, 3.05) is 6.61 Å². The third-order valence-corrected chi connectivity index (χ3v) is 3.12. The highest BCUT2D eigenvalue weighted by molar-refractivity contribution is 9.10. The van der Waals surface area contributed by atoms with E-state index in [1.54, 1.807) is 18.2 Å². The van der Waals surface area contributed by atoms with Crippen molar-refractivity contribution in [3.8, 4) is 5.75 Å². The Morgan fingerprint density at radius 2 is 2.06 bits per heavy atom. The second-order valence-electron chi connectivity index (χ2n) is 3.45. The highest BCUT2D eigenvalue weighted by Gasteiger charge is 2.35. The molecule has 0 saturated heterocycles. The quantitative estimate of drug-likeness (QED) is 0.876. The SMILES string of the molecule is CCOc1ccc2[nH]c(C(F)(F)F)c(Br)c2c1. The van der Waals surface area contributed by atoms with Gasteiger partial charge in [0.1, 0.15) is 11.4 Å². The molecule has 0 fully saturated rings. The van der Waals surface area contributed by atoms with E-state index in [0.29, 0.717) is 23.3 Å². The van der Waals surface area contributed by atoms with Crippen LogP contribution >= 0.6 is 15.9 Å². The van der Waals surface area contributed by atoms with Crippen molar-refractivity contribution in [2.45, 2.75) is 13.1 Å². The summed E-state index contributed by atoms with van der Waals surface area (Å²) in [7, 11) is 0. The first-order chi connectivity index (χ1) is 7.93. The molecular weight excluding hydrogens is 299 g/mol. The fraction of sp³-hybridized carbons (Fsp3) is 0.273. The average molecular weight is 308 g/mol. The summed E-state index contributed by atoms with van der Waals surface area (Å²) in [4.78, 5) is 2.35. The molecule has 0 aliphatic carbocycles. The van der Waals surface area contributed by atoms with Gasteiger partial charge in [-0.2, -0.15) is 13.2 Å². The number of fused-ring (bicyclic) bond motifs is 1. The van der Waals surface area contributed by atoms with Crippen molar-refractivity contribution in [1.29, 1.82) is 0 Å². The molecular formula is C11H9BrF3NO. The highest BCUT2D eigenvalue weighted by Crippen LogP contribution is 2.39. The molecule has 17 heavy (non-hydrogen) atoms. The molecule has 0 unspecified atom stereocenters. The maximum absolute atomic E-state index is 12.6. The van der Waals surface area contributed by atoms with Crippen molar-refractivity contribution < 1.29 is 17.9 Å². The van der Waals surface area contributed by atoms with Crippen molar-refractivity contribution in [3.63, 3.8) is 0 Å². The second-order valence-corrected chi connectivity index (χ2v) is 4.25. The first kappa shape index (κ1) is 12.3. The molecule has 0 saturated carbocycles. The molecule has 1 aromatic carbocycles. The number of hydrogen-bond donors (Lipinski definition) is 1. The van der Waals surface area contributed by atoms with E-state index in [1.165, 1.54) is 0 Å². The lowest BCUT2D eigenvalue weighted by atomic mass is 10.2. The van der Waals surface area contributed by atoms with Crippen LogP contribution < -0.4 is 4.74 Å². The normalized spacial score (nSPS) is 12.1. The Hall–Kier alpha value is -1.17. The van der Waals surface area contributed by atoms with Crippen molar-refractivity contribution in [3.05, 3.63) is 28.4 Å². The fourth-order valence-electron chi connectivity index (χ4n) is 1.59. The zero-order valence-corrected chi connectivity index (χ0v) is 10.4. The van der Waals surface area contributed by atoms with E-state index in [1.807, 2.05) is 6.92 Å². The van der Waals surface area contributed by atoms with E-state index >= 15 is 0 Å². The zero-order chi connectivity index (χ0) is 12.6. The predicted molar refractivity (Wildman–Crippen MR) is 62.2 cm³/mol. The van der Waals surface area contributed by atoms with Gasteiger partial charge in [0.25, 0.3) is 0 Å². The van der Waals surface area contributed by atoms with Gasteiger partial charge in [-0.15, -0.1) is 0 Å². The monoisotopic (exact) mass is 307 g/mol. The Labute approximate surface area is 104 Å². The molecule has 1 N–H and O–H groups in total. The molecule has 0 radical (unpaired) electrons. The first-order valence-corrected chi connectivity index (χ1v) is 5.74. The molecule has 0 spiro atoms. The van der Waals surface area contributed by atoms with Crippen LogP contribution in [0.1, 0.15) is 12.6 Å². The Bertz CT molecular complexity index is 547. The average Bonchev–Trinajstić information content (AvgIpc) is 2.56. The lowest BCUT2D eigenvalue weighted by molar-refractivity contribution is -0.141. The summed E-state index contributed by atoms with van der Waals surface area (Å²) in [5.74, 6) is 0.549. The Morgan fingerprint density at radius 3 is 2.65 bits per heavy atom. The van der Waals surface area contributed by atoms with Crippen LogP contribution in [0.25, 0.3) is 10.9 Å². The van der Waals surface area contributed by atoms with E-state index in [4.69, 9.17) is 4.74 Å². The molecule has 2 aromatic rings. The van der Waals surface area contributed by atoms with Gasteiger partial charge in [0.05, 0.1) is 11.1 Å². The number of H-pyrrole nitrogens is 1. The van der Waals surface area contributed by atoms with Gasteiger partial charge in [0, 0.05) is 10.9 Å². The van der Waals surface area contributed by atoms with E-state index in [2.05, 4.69) is 20.9 Å². The molecule has 1 heterocycles. The summed E-state index contributed by atoms with van der Waals surface area (Å²) in [6.07, 6.45) is -4.40. The molecule has 1 aromatic heterocycles. The lowest BCUT2D eigenvalue weighted by Gasteiger charge is -2.03. The summed E-state index contributed by atoms with van der Waals surface area (Å²) >= 11 is 2.97. The number of hydrogen-bond acceptors (Lipinski definition) is 1. The number of nitrogens with one attached hydrogen (secondary N) is 1. The van der Waals surface area contributed by atoms with Crippen molar-refractivity contribution in [2.24, 2.45) is 0 Å². The maximum Gasteiger partial charge on any atom is 0.432 e. The smallest absolute Gasteiger partial charge is 0.432 e. The molecule has 92 valence electrons. The van der Waals surface area contributed by atoms with Crippen LogP contribution in [0.5, 0.6) is 5.75 Å². The topological polar surface area (TPSA) is 25.0 Å². The van der Waals surface area contributed by atoms with Gasteiger partial charge in [0.15, 0.2) is 0 Å². The van der Waals surface area contributed by atoms with Gasteiger partial charge in [-0.05, 0) is 41.1 Å². The Kier molecular flexibility index (Phi) is 3.07. The van der Waals surface area contributed by atoms with Crippen LogP contribution in [-0.2, 0) is 6.18 Å². The van der Waals surface area contributed by atoms with Crippen LogP contribution in [0.4, 0.5) is 13.2 Å². The van der Waals surface area contributed by atoms with Gasteiger partial charge in [0.2, 0.25) is 0 Å². The summed E-state index contributed by atoms with van der Waals surface area (Å²) in [5, 5.41) is 0.461. The Balaban J connectivity index is 2.59. The molecule has 2 nitrogen and oxygen atoms in total. The minimum Gasteiger partial charge on any atom is -0.494 e. The molecule has 0 bridgehead atoms. The van der Waals surface area contributed by atoms with E-state index in [9.17, 15) is 13.2 Å². The summed E-state index contributed by atoms with van der Waals surface area (Å²) < 4.78 is 43.2. The molecule has 0 amide bonds. The van der Waals surface area contributed by atoms with Gasteiger partial charge >= 0.3 is 6.18 Å². The number of aromatic amines is 1. The third kappa shape index (κ3) is 2.26. The third-order valence-electron chi connectivity index (χ3n) is 2.30. The van der Waals surface area contributed by atoms with Crippen LogP contribution in [0, 0.1) is 0 Å². The summed E-state index contributed by atoms with van der Waals surface area (Å²) in [6.45, 7) is 2.29. The Morgan fingerprint density at radius 1 is 1.35 bits per heavy atom. The van der Waals surface area contributed by atoms with E-state index < -0.39 is 11.9 Å². The van der Waals surface area contributed by atoms with Crippen LogP contribution in [0.15, 0.2) is 22.7 Å². The van der Waals surface area contributed by atoms with Gasteiger partial charge < -0.3 is 9.72 Å². The standard InChI is InChI=1S/C11H9BrF3NO/c1-2-17-6-3-4-8-7(5-6)9(12)10(16-8)11(13,14)15/h3-5,16H,2H2,1H3. The molecule has 0 atom stereocenters. The van der Waals surface area contributed by atoms with Crippen molar-refractivity contribution in [1.82, 2.24) is 4.98 Å². The number of rotatable bonds is 2. The largest absolute Gasteiger partial charge is 0.494 e. The number of alkyl halides is 3. The predicted octanol–water partition coefficient (Wildman–Crippen LogP) is 4.35. The van der Waals surface area contributed by atoms with Crippen LogP contribution in [-0.4, -0.2) is 11.6 Å². The van der Waals surface area contributed by atoms with Crippen LogP contribution in [0.2, 0.25) is 0 Å². The van der Waals surface area contributed by atoms with Gasteiger partial charge in [-0.3, -0.25) is 0 Å².